The molecule has 33 heavy (non-hydrogen) atoms. The van der Waals surface area contributed by atoms with Crippen LogP contribution >= 0.6 is 0 Å². The molecule has 3 N–H and O–H groups in total. The monoisotopic (exact) mass is 493 g/mol. The van der Waals surface area contributed by atoms with Gasteiger partial charge in [-0.05, 0) is 12.1 Å². The Kier molecular flexibility index (Phi) is 6.37. The smallest absolute Gasteiger partial charge is 0.355 e. The molecular formula is C19H20F5N5O3S. The second-order valence-electron chi connectivity index (χ2n) is 7.86. The number of anilines is 2. The van der Waals surface area contributed by atoms with E-state index in [0.29, 0.717) is 12.3 Å². The third-order valence-corrected chi connectivity index (χ3v) is 6.13. The van der Waals surface area contributed by atoms with Gasteiger partial charge in [-0.25, -0.2) is 32.3 Å². The van der Waals surface area contributed by atoms with E-state index in [4.69, 9.17) is 5.14 Å². The third-order valence-electron chi connectivity index (χ3n) is 5.32. The number of amides is 1. The van der Waals surface area contributed by atoms with E-state index in [9.17, 15) is 35.2 Å². The summed E-state index contributed by atoms with van der Waals surface area (Å²) in [5, 5.41) is 6.72. The van der Waals surface area contributed by atoms with Gasteiger partial charge in [-0.2, -0.15) is 13.2 Å². The molecule has 2 atom stereocenters. The highest BCUT2D eigenvalue weighted by atomic mass is 32.2. The van der Waals surface area contributed by atoms with Gasteiger partial charge in [0.1, 0.15) is 5.82 Å². The average molecular weight is 493 g/mol. The van der Waals surface area contributed by atoms with Gasteiger partial charge in [0, 0.05) is 49.1 Å². The topological polar surface area (TPSA) is 118 Å². The first-order valence-corrected chi connectivity index (χ1v) is 11.2. The number of hydrogen-bond donors (Lipinski definition) is 2. The number of nitrogens with one attached hydrogen (secondary N) is 1. The molecule has 2 aromatic heterocycles. The number of sulfonamides is 1. The van der Waals surface area contributed by atoms with Crippen molar-refractivity contribution in [1.82, 2.24) is 9.97 Å². The maximum atomic E-state index is 14.2. The summed E-state index contributed by atoms with van der Waals surface area (Å²) >= 11 is 0. The van der Waals surface area contributed by atoms with E-state index < -0.39 is 56.0 Å². The van der Waals surface area contributed by atoms with Crippen LogP contribution in [0.25, 0.3) is 0 Å². The Labute approximate surface area is 186 Å². The van der Waals surface area contributed by atoms with E-state index in [2.05, 4.69) is 15.3 Å². The molecular weight excluding hydrogens is 473 g/mol. The third kappa shape index (κ3) is 5.21. The SMILES string of the molecule is CC1CN(c2ncc(C(F)(F)F)cc2C(=O)Nc2ccnc(S(N)(=O)=O)c2)CC(C)C1(F)F. The number of carbonyl (C=O) groups excluding carboxylic acids is 1. The maximum Gasteiger partial charge on any atom is 0.417 e. The van der Waals surface area contributed by atoms with E-state index in [-0.39, 0.29) is 24.6 Å². The van der Waals surface area contributed by atoms with E-state index in [0.717, 1.165) is 12.3 Å². The Balaban J connectivity index is 2.01. The van der Waals surface area contributed by atoms with Gasteiger partial charge in [0.25, 0.3) is 21.9 Å². The Hall–Kier alpha value is -2.87. The minimum atomic E-state index is -4.81. The number of rotatable bonds is 4. The van der Waals surface area contributed by atoms with Crippen LogP contribution in [0.5, 0.6) is 0 Å². The van der Waals surface area contributed by atoms with Gasteiger partial charge in [0.05, 0.1) is 11.1 Å². The summed E-state index contributed by atoms with van der Waals surface area (Å²) in [6, 6.07) is 2.71. The fraction of sp³-hybridized carbons (Fsp3) is 0.421. The lowest BCUT2D eigenvalue weighted by Gasteiger charge is -2.42. The normalized spacial score (nSPS) is 21.0. The highest BCUT2D eigenvalue weighted by Gasteiger charge is 2.48. The molecule has 2 unspecified atom stereocenters. The number of nitrogens with two attached hydrogens (primary N) is 1. The Morgan fingerprint density at radius 3 is 2.33 bits per heavy atom. The molecule has 14 heteroatoms. The second kappa shape index (κ2) is 8.48. The summed E-state index contributed by atoms with van der Waals surface area (Å²) in [4.78, 5) is 21.6. The number of piperidine rings is 1. The van der Waals surface area contributed by atoms with Crippen LogP contribution in [0.3, 0.4) is 0 Å². The van der Waals surface area contributed by atoms with Crippen LogP contribution in [0.4, 0.5) is 33.5 Å². The van der Waals surface area contributed by atoms with Crippen LogP contribution in [-0.2, 0) is 16.2 Å². The molecule has 1 aliphatic heterocycles. The van der Waals surface area contributed by atoms with Crippen molar-refractivity contribution < 1.29 is 35.2 Å². The van der Waals surface area contributed by atoms with Gasteiger partial charge in [-0.1, -0.05) is 13.8 Å². The van der Waals surface area contributed by atoms with Gasteiger partial charge in [0.2, 0.25) is 0 Å². The van der Waals surface area contributed by atoms with Crippen LogP contribution in [0.15, 0.2) is 35.6 Å². The van der Waals surface area contributed by atoms with E-state index in [1.807, 2.05) is 0 Å². The summed E-state index contributed by atoms with van der Waals surface area (Å²) in [7, 11) is -4.20. The van der Waals surface area contributed by atoms with Crippen LogP contribution in [0.1, 0.15) is 29.8 Å². The number of hydrogen-bond acceptors (Lipinski definition) is 6. The largest absolute Gasteiger partial charge is 0.417 e. The van der Waals surface area contributed by atoms with E-state index in [1.54, 1.807) is 0 Å². The summed E-state index contributed by atoms with van der Waals surface area (Å²) in [5.74, 6) is -6.52. The van der Waals surface area contributed by atoms with Crippen molar-refractivity contribution in [2.75, 3.05) is 23.3 Å². The van der Waals surface area contributed by atoms with Crippen molar-refractivity contribution in [2.24, 2.45) is 17.0 Å². The lowest BCUT2D eigenvalue weighted by Crippen LogP contribution is -2.52. The molecule has 2 aromatic rings. The van der Waals surface area contributed by atoms with Crippen molar-refractivity contribution >= 4 is 27.4 Å². The molecule has 0 radical (unpaired) electrons. The van der Waals surface area contributed by atoms with Crippen LogP contribution in [-0.4, -0.2) is 43.3 Å². The molecule has 0 saturated carbocycles. The van der Waals surface area contributed by atoms with Gasteiger partial charge in [-0.3, -0.25) is 4.79 Å². The molecule has 8 nitrogen and oxygen atoms in total. The van der Waals surface area contributed by atoms with Gasteiger partial charge >= 0.3 is 6.18 Å². The highest BCUT2D eigenvalue weighted by molar-refractivity contribution is 7.89. The predicted octanol–water partition coefficient (Wildman–Crippen LogP) is 3.12. The summed E-state index contributed by atoms with van der Waals surface area (Å²) in [6.45, 7) is 2.14. The zero-order valence-corrected chi connectivity index (χ0v) is 18.2. The summed E-state index contributed by atoms with van der Waals surface area (Å²) in [6.07, 6.45) is -3.25. The Morgan fingerprint density at radius 1 is 1.18 bits per heavy atom. The van der Waals surface area contributed by atoms with Crippen molar-refractivity contribution in [1.29, 1.82) is 0 Å². The predicted molar refractivity (Wildman–Crippen MR) is 108 cm³/mol. The zero-order valence-electron chi connectivity index (χ0n) is 17.4. The van der Waals surface area contributed by atoms with E-state index >= 15 is 0 Å². The number of pyridine rings is 2. The lowest BCUT2D eigenvalue weighted by atomic mass is 9.87. The first kappa shape index (κ1) is 24.8. The first-order chi connectivity index (χ1) is 15.1. The zero-order chi connectivity index (χ0) is 24.8. The van der Waals surface area contributed by atoms with Gasteiger partial charge in [-0.15, -0.1) is 0 Å². The molecule has 3 heterocycles. The molecule has 0 aliphatic carbocycles. The molecule has 1 amide bonds. The number of halogens is 5. The van der Waals surface area contributed by atoms with Gasteiger partial charge < -0.3 is 10.2 Å². The molecule has 1 saturated heterocycles. The molecule has 1 fully saturated rings. The first-order valence-electron chi connectivity index (χ1n) is 9.61. The number of alkyl halides is 5. The van der Waals surface area contributed by atoms with Crippen molar-refractivity contribution in [3.05, 3.63) is 41.7 Å². The minimum absolute atomic E-state index is 0.102. The number of carbonyl (C=O) groups is 1. The standard InChI is InChI=1S/C19H20F5N5O3S/c1-10-8-29(9-11(2)18(10,20)21)16-14(5-12(7-27-16)19(22,23)24)17(30)28-13-3-4-26-15(6-13)33(25,31)32/h3-7,10-11H,8-9H2,1-2H3,(H2,25,31,32)(H,26,28,30). The average Bonchev–Trinajstić information content (AvgIpc) is 2.70. The number of aromatic nitrogens is 2. The summed E-state index contributed by atoms with van der Waals surface area (Å²) in [5.41, 5.74) is -1.82. The maximum absolute atomic E-state index is 14.2. The molecule has 180 valence electrons. The Bertz CT molecular complexity index is 1160. The van der Waals surface area contributed by atoms with Crippen molar-refractivity contribution in [3.8, 4) is 0 Å². The number of primary sulfonamides is 1. The Morgan fingerprint density at radius 2 is 1.79 bits per heavy atom. The molecule has 0 bridgehead atoms. The molecule has 3 rings (SSSR count). The van der Waals surface area contributed by atoms with Crippen LogP contribution < -0.4 is 15.4 Å². The van der Waals surface area contributed by atoms with Crippen molar-refractivity contribution in [2.45, 2.75) is 31.0 Å². The van der Waals surface area contributed by atoms with Gasteiger partial charge in [0.15, 0.2) is 5.03 Å². The minimum Gasteiger partial charge on any atom is -0.355 e. The second-order valence-corrected chi connectivity index (χ2v) is 9.36. The number of nitrogens with zero attached hydrogens (tertiary/aromatic N) is 3. The molecule has 1 aliphatic rings. The molecule has 0 spiro atoms. The van der Waals surface area contributed by atoms with Crippen LogP contribution in [0.2, 0.25) is 0 Å². The highest BCUT2D eigenvalue weighted by Crippen LogP contribution is 2.40. The van der Waals surface area contributed by atoms with Crippen molar-refractivity contribution in [3.63, 3.8) is 0 Å². The fourth-order valence-corrected chi connectivity index (χ4v) is 4.01. The summed E-state index contributed by atoms with van der Waals surface area (Å²) < 4.78 is 91.2. The fourth-order valence-electron chi connectivity index (χ4n) is 3.51. The lowest BCUT2D eigenvalue weighted by molar-refractivity contribution is -0.137. The van der Waals surface area contributed by atoms with E-state index in [1.165, 1.54) is 24.8 Å². The molecule has 0 aromatic carbocycles. The van der Waals surface area contributed by atoms with Crippen LogP contribution in [0, 0.1) is 11.8 Å². The quantitative estimate of drug-likeness (QED) is 0.632.